The minimum absolute atomic E-state index is 0.631. The summed E-state index contributed by atoms with van der Waals surface area (Å²) in [4.78, 5) is 13.8. The number of aliphatic hydroxyl groups is 1. The third-order valence-corrected chi connectivity index (χ3v) is 4.48. The maximum absolute atomic E-state index is 10.5. The van der Waals surface area contributed by atoms with E-state index in [0.717, 1.165) is 27.0 Å². The van der Waals surface area contributed by atoms with Gasteiger partial charge in [-0.25, -0.2) is 9.97 Å². The van der Waals surface area contributed by atoms with E-state index in [-0.39, 0.29) is 0 Å². The van der Waals surface area contributed by atoms with Crippen molar-refractivity contribution in [2.24, 2.45) is 0 Å². The summed E-state index contributed by atoms with van der Waals surface area (Å²) >= 11 is 1.57. The molecular formula is C16H12N4OS. The van der Waals surface area contributed by atoms with Crippen LogP contribution in [0.1, 0.15) is 17.4 Å². The summed E-state index contributed by atoms with van der Waals surface area (Å²) in [5.74, 6) is 0.740. The van der Waals surface area contributed by atoms with Crippen molar-refractivity contribution >= 4 is 23.3 Å². The predicted octanol–water partition coefficient (Wildman–Crippen LogP) is 3.16. The Kier molecular flexibility index (Phi) is 3.25. The van der Waals surface area contributed by atoms with Crippen LogP contribution in [0.25, 0.3) is 0 Å². The number of fused-ring (bicyclic) bond motifs is 2. The first-order valence-corrected chi connectivity index (χ1v) is 7.62. The molecule has 5 nitrogen and oxygen atoms in total. The molecule has 0 radical (unpaired) electrons. The van der Waals surface area contributed by atoms with Gasteiger partial charge in [0.25, 0.3) is 0 Å². The summed E-state index contributed by atoms with van der Waals surface area (Å²) in [5.41, 5.74) is 2.34. The number of rotatable bonds is 2. The standard InChI is InChI=1S/C16H12N4OS/c21-14(11-3-1-2-6-17-11)10-4-5-13-12(9-10)20-15-16(22-13)19-8-7-18-15/h1-9,14,21H,(H,18,20). The number of aliphatic hydroxyl groups excluding tert-OH is 1. The fourth-order valence-electron chi connectivity index (χ4n) is 2.33. The van der Waals surface area contributed by atoms with E-state index >= 15 is 0 Å². The second kappa shape index (κ2) is 5.40. The Morgan fingerprint density at radius 1 is 1.00 bits per heavy atom. The molecule has 0 amide bonds. The molecule has 2 aromatic heterocycles. The molecule has 0 aliphatic carbocycles. The largest absolute Gasteiger partial charge is 0.382 e. The van der Waals surface area contributed by atoms with Crippen LogP contribution in [0.4, 0.5) is 11.5 Å². The third-order valence-electron chi connectivity index (χ3n) is 3.41. The summed E-state index contributed by atoms with van der Waals surface area (Å²) in [6.45, 7) is 0. The van der Waals surface area contributed by atoms with Crippen LogP contribution in [0, 0.1) is 0 Å². The monoisotopic (exact) mass is 308 g/mol. The topological polar surface area (TPSA) is 70.9 Å². The maximum Gasteiger partial charge on any atom is 0.163 e. The maximum atomic E-state index is 10.5. The van der Waals surface area contributed by atoms with Crippen molar-refractivity contribution in [1.29, 1.82) is 0 Å². The highest BCUT2D eigenvalue weighted by atomic mass is 32.2. The van der Waals surface area contributed by atoms with Gasteiger partial charge in [-0.3, -0.25) is 4.98 Å². The van der Waals surface area contributed by atoms with Crippen LogP contribution in [0.5, 0.6) is 0 Å². The highest BCUT2D eigenvalue weighted by molar-refractivity contribution is 7.99. The Morgan fingerprint density at radius 3 is 2.77 bits per heavy atom. The average Bonchev–Trinajstić information content (AvgIpc) is 2.59. The number of nitrogens with one attached hydrogen (secondary N) is 1. The molecule has 1 atom stereocenters. The normalized spacial score (nSPS) is 13.7. The quantitative estimate of drug-likeness (QED) is 0.593. The number of pyridine rings is 1. The van der Waals surface area contributed by atoms with Crippen molar-refractivity contribution in [3.8, 4) is 0 Å². The fourth-order valence-corrected chi connectivity index (χ4v) is 3.21. The van der Waals surface area contributed by atoms with Crippen LogP contribution in [0.15, 0.2) is 64.9 Å². The number of hydrogen-bond acceptors (Lipinski definition) is 6. The van der Waals surface area contributed by atoms with Crippen molar-refractivity contribution in [3.63, 3.8) is 0 Å². The summed E-state index contributed by atoms with van der Waals surface area (Å²) in [6.07, 6.45) is 4.26. The molecule has 1 aliphatic rings. The van der Waals surface area contributed by atoms with E-state index in [1.165, 1.54) is 0 Å². The Balaban J connectivity index is 1.69. The lowest BCUT2D eigenvalue weighted by Gasteiger charge is -2.20. The van der Waals surface area contributed by atoms with Gasteiger partial charge in [-0.1, -0.05) is 23.9 Å². The lowest BCUT2D eigenvalue weighted by molar-refractivity contribution is 0.215. The van der Waals surface area contributed by atoms with Crippen LogP contribution < -0.4 is 5.32 Å². The first kappa shape index (κ1) is 13.2. The zero-order valence-corrected chi connectivity index (χ0v) is 12.3. The Hall–Kier alpha value is -2.44. The SMILES string of the molecule is OC(c1ccc2c(c1)Nc1nccnc1S2)c1ccccn1. The number of nitrogens with zero attached hydrogens (tertiary/aromatic N) is 3. The molecule has 3 aromatic rings. The molecule has 3 heterocycles. The number of hydrogen-bond donors (Lipinski definition) is 2. The molecule has 4 rings (SSSR count). The lowest BCUT2D eigenvalue weighted by atomic mass is 10.1. The molecule has 0 fully saturated rings. The number of benzene rings is 1. The Labute approximate surface area is 131 Å². The third kappa shape index (κ3) is 2.32. The molecule has 22 heavy (non-hydrogen) atoms. The summed E-state index contributed by atoms with van der Waals surface area (Å²) < 4.78 is 0. The minimum Gasteiger partial charge on any atom is -0.382 e. The van der Waals surface area contributed by atoms with E-state index in [1.54, 1.807) is 30.4 Å². The van der Waals surface area contributed by atoms with Gasteiger partial charge in [0.2, 0.25) is 0 Å². The van der Waals surface area contributed by atoms with Crippen LogP contribution in [-0.4, -0.2) is 20.1 Å². The first-order valence-electron chi connectivity index (χ1n) is 6.80. The van der Waals surface area contributed by atoms with E-state index in [4.69, 9.17) is 0 Å². The lowest BCUT2D eigenvalue weighted by Crippen LogP contribution is -2.06. The van der Waals surface area contributed by atoms with Gasteiger partial charge in [0.05, 0.1) is 11.4 Å². The van der Waals surface area contributed by atoms with Gasteiger partial charge in [0.15, 0.2) is 5.82 Å². The van der Waals surface area contributed by atoms with E-state index < -0.39 is 6.10 Å². The van der Waals surface area contributed by atoms with E-state index in [0.29, 0.717) is 5.69 Å². The van der Waals surface area contributed by atoms with Crippen LogP contribution >= 0.6 is 11.8 Å². The predicted molar refractivity (Wildman–Crippen MR) is 84.2 cm³/mol. The second-order valence-electron chi connectivity index (χ2n) is 4.85. The van der Waals surface area contributed by atoms with Crippen molar-refractivity contribution in [2.45, 2.75) is 16.0 Å². The molecule has 1 aromatic carbocycles. The van der Waals surface area contributed by atoms with Crippen molar-refractivity contribution in [1.82, 2.24) is 15.0 Å². The highest BCUT2D eigenvalue weighted by Gasteiger charge is 2.20. The van der Waals surface area contributed by atoms with E-state index in [9.17, 15) is 5.11 Å². The molecule has 0 saturated carbocycles. The van der Waals surface area contributed by atoms with Crippen LogP contribution in [-0.2, 0) is 0 Å². The van der Waals surface area contributed by atoms with E-state index in [1.807, 2.05) is 36.4 Å². The second-order valence-corrected chi connectivity index (χ2v) is 5.88. The minimum atomic E-state index is -0.749. The van der Waals surface area contributed by atoms with Gasteiger partial charge in [-0.2, -0.15) is 0 Å². The Bertz CT molecular complexity index is 825. The molecule has 0 spiro atoms. The number of aromatic nitrogens is 3. The zero-order chi connectivity index (χ0) is 14.9. The van der Waals surface area contributed by atoms with E-state index in [2.05, 4.69) is 20.3 Å². The van der Waals surface area contributed by atoms with Gasteiger partial charge in [-0.05, 0) is 29.8 Å². The molecule has 1 unspecified atom stereocenters. The van der Waals surface area contributed by atoms with Gasteiger partial charge in [0, 0.05) is 23.5 Å². The summed E-state index contributed by atoms with van der Waals surface area (Å²) in [7, 11) is 0. The Morgan fingerprint density at radius 2 is 1.91 bits per heavy atom. The first-order chi connectivity index (χ1) is 10.8. The van der Waals surface area contributed by atoms with Gasteiger partial charge in [0.1, 0.15) is 11.1 Å². The van der Waals surface area contributed by atoms with Gasteiger partial charge in [-0.15, -0.1) is 0 Å². The molecule has 1 aliphatic heterocycles. The van der Waals surface area contributed by atoms with Crippen LogP contribution in [0.3, 0.4) is 0 Å². The molecule has 6 heteroatoms. The average molecular weight is 308 g/mol. The van der Waals surface area contributed by atoms with Gasteiger partial charge < -0.3 is 10.4 Å². The van der Waals surface area contributed by atoms with Gasteiger partial charge >= 0.3 is 0 Å². The van der Waals surface area contributed by atoms with Crippen LogP contribution in [0.2, 0.25) is 0 Å². The highest BCUT2D eigenvalue weighted by Crippen LogP contribution is 2.42. The fraction of sp³-hybridized carbons (Fsp3) is 0.0625. The van der Waals surface area contributed by atoms with Crippen molar-refractivity contribution in [2.75, 3.05) is 5.32 Å². The zero-order valence-electron chi connectivity index (χ0n) is 11.5. The summed E-state index contributed by atoms with van der Waals surface area (Å²) in [6, 6.07) is 11.3. The summed E-state index contributed by atoms with van der Waals surface area (Å²) in [5, 5.41) is 14.6. The molecule has 108 valence electrons. The molecule has 0 bridgehead atoms. The molecular weight excluding hydrogens is 296 g/mol. The number of anilines is 2. The smallest absolute Gasteiger partial charge is 0.163 e. The molecule has 0 saturated heterocycles. The van der Waals surface area contributed by atoms with Crippen molar-refractivity contribution in [3.05, 3.63) is 66.2 Å². The van der Waals surface area contributed by atoms with Crippen molar-refractivity contribution < 1.29 is 5.11 Å². The molecule has 2 N–H and O–H groups in total.